The van der Waals surface area contributed by atoms with E-state index in [0.29, 0.717) is 12.0 Å². The molecule has 1 atom stereocenters. The van der Waals surface area contributed by atoms with Crippen molar-refractivity contribution < 1.29 is 13.3 Å². The summed E-state index contributed by atoms with van der Waals surface area (Å²) in [7, 11) is -3.44. The minimum Gasteiger partial charge on any atom is -0.328 e. The lowest BCUT2D eigenvalue weighted by Crippen LogP contribution is -2.29. The van der Waals surface area contributed by atoms with Gasteiger partial charge in [0.25, 0.3) is 5.69 Å². The van der Waals surface area contributed by atoms with Gasteiger partial charge in [-0.2, -0.15) is 0 Å². The van der Waals surface area contributed by atoms with E-state index < -0.39 is 14.9 Å². The summed E-state index contributed by atoms with van der Waals surface area (Å²) >= 11 is 0. The molecule has 0 aromatic heterocycles. The predicted octanol–water partition coefficient (Wildman–Crippen LogP) is 0.752. The van der Waals surface area contributed by atoms with Crippen LogP contribution in [0.4, 0.5) is 5.69 Å². The predicted molar refractivity (Wildman–Crippen MR) is 72.0 cm³/mol. The van der Waals surface area contributed by atoms with Crippen LogP contribution in [0.5, 0.6) is 0 Å². The number of nitrogens with two attached hydrogens (primary N) is 1. The standard InChI is InChI=1S/C11H17N3O4S/c1-9(12)6-7-13-19(17,18)8-10-2-4-11(5-3-10)14(15)16/h2-5,9,13H,6-8,12H2,1H3. The van der Waals surface area contributed by atoms with E-state index in [0.717, 1.165) is 0 Å². The van der Waals surface area contributed by atoms with Crippen molar-refractivity contribution in [1.29, 1.82) is 0 Å². The number of benzene rings is 1. The lowest BCUT2D eigenvalue weighted by Gasteiger charge is -2.08. The van der Waals surface area contributed by atoms with Crippen molar-refractivity contribution in [2.45, 2.75) is 25.1 Å². The molecule has 1 aromatic rings. The zero-order valence-electron chi connectivity index (χ0n) is 10.6. The molecule has 0 aliphatic carbocycles. The molecule has 0 amide bonds. The summed E-state index contributed by atoms with van der Waals surface area (Å²) < 4.78 is 25.9. The van der Waals surface area contributed by atoms with Gasteiger partial charge < -0.3 is 5.73 Å². The molecule has 0 aliphatic heterocycles. The van der Waals surface area contributed by atoms with Crippen LogP contribution in [0.3, 0.4) is 0 Å². The van der Waals surface area contributed by atoms with Crippen molar-refractivity contribution in [1.82, 2.24) is 4.72 Å². The third kappa shape index (κ3) is 5.77. The second-order valence-corrected chi connectivity index (χ2v) is 6.15. The second-order valence-electron chi connectivity index (χ2n) is 4.34. The Balaban J connectivity index is 2.60. The van der Waals surface area contributed by atoms with E-state index in [9.17, 15) is 18.5 Å². The molecule has 0 fully saturated rings. The molecule has 0 bridgehead atoms. The third-order valence-electron chi connectivity index (χ3n) is 2.43. The highest BCUT2D eigenvalue weighted by molar-refractivity contribution is 7.88. The molecule has 8 heteroatoms. The number of nitrogens with zero attached hydrogens (tertiary/aromatic N) is 1. The van der Waals surface area contributed by atoms with Gasteiger partial charge in [-0.1, -0.05) is 12.1 Å². The van der Waals surface area contributed by atoms with E-state index >= 15 is 0 Å². The molecule has 19 heavy (non-hydrogen) atoms. The Hall–Kier alpha value is -1.51. The molecule has 0 heterocycles. The van der Waals surface area contributed by atoms with E-state index in [4.69, 9.17) is 5.73 Å². The van der Waals surface area contributed by atoms with Gasteiger partial charge in [0.15, 0.2) is 0 Å². The van der Waals surface area contributed by atoms with Gasteiger partial charge in [-0.15, -0.1) is 0 Å². The summed E-state index contributed by atoms with van der Waals surface area (Å²) in [5.74, 6) is -0.204. The topological polar surface area (TPSA) is 115 Å². The zero-order valence-corrected chi connectivity index (χ0v) is 11.4. The molecular weight excluding hydrogens is 270 g/mol. The Morgan fingerprint density at radius 2 is 1.95 bits per heavy atom. The summed E-state index contributed by atoms with van der Waals surface area (Å²) in [4.78, 5) is 9.94. The molecule has 106 valence electrons. The summed E-state index contributed by atoms with van der Waals surface area (Å²) in [6.45, 7) is 2.08. The SMILES string of the molecule is CC(N)CCNS(=O)(=O)Cc1ccc([N+](=O)[O-])cc1. The van der Waals surface area contributed by atoms with Gasteiger partial charge >= 0.3 is 0 Å². The van der Waals surface area contributed by atoms with Gasteiger partial charge in [0, 0.05) is 24.7 Å². The molecule has 0 radical (unpaired) electrons. The maximum absolute atomic E-state index is 11.7. The minimum atomic E-state index is -3.44. The van der Waals surface area contributed by atoms with Crippen LogP contribution >= 0.6 is 0 Å². The van der Waals surface area contributed by atoms with Crippen molar-refractivity contribution >= 4 is 15.7 Å². The van der Waals surface area contributed by atoms with Crippen molar-refractivity contribution in [3.05, 3.63) is 39.9 Å². The first-order valence-electron chi connectivity index (χ1n) is 5.76. The molecule has 7 nitrogen and oxygen atoms in total. The number of hydrogen-bond acceptors (Lipinski definition) is 5. The van der Waals surface area contributed by atoms with Crippen LogP contribution in [-0.2, 0) is 15.8 Å². The fourth-order valence-electron chi connectivity index (χ4n) is 1.43. The quantitative estimate of drug-likeness (QED) is 0.567. The van der Waals surface area contributed by atoms with Crippen molar-refractivity contribution in [2.24, 2.45) is 5.73 Å². The number of non-ortho nitro benzene ring substituents is 1. The minimum absolute atomic E-state index is 0.0638. The van der Waals surface area contributed by atoms with Crippen LogP contribution in [0, 0.1) is 10.1 Å². The lowest BCUT2D eigenvalue weighted by molar-refractivity contribution is -0.384. The second kappa shape index (κ2) is 6.60. The highest BCUT2D eigenvalue weighted by Crippen LogP contribution is 2.13. The summed E-state index contributed by atoms with van der Waals surface area (Å²) in [5, 5.41) is 10.5. The zero-order chi connectivity index (χ0) is 14.5. The molecule has 0 spiro atoms. The van der Waals surface area contributed by atoms with Gasteiger partial charge in [0.1, 0.15) is 0 Å². The summed E-state index contributed by atoms with van der Waals surface area (Å²) in [6.07, 6.45) is 0.555. The van der Waals surface area contributed by atoms with Gasteiger partial charge in [-0.25, -0.2) is 13.1 Å². The normalized spacial score (nSPS) is 13.2. The summed E-state index contributed by atoms with van der Waals surface area (Å²) in [5.41, 5.74) is 5.96. The fraction of sp³-hybridized carbons (Fsp3) is 0.455. The number of sulfonamides is 1. The average molecular weight is 287 g/mol. The van der Waals surface area contributed by atoms with E-state index in [1.165, 1.54) is 24.3 Å². The first-order valence-corrected chi connectivity index (χ1v) is 7.41. The molecule has 3 N–H and O–H groups in total. The van der Waals surface area contributed by atoms with Gasteiger partial charge in [0.05, 0.1) is 10.7 Å². The fourth-order valence-corrected chi connectivity index (χ4v) is 2.59. The van der Waals surface area contributed by atoms with Crippen LogP contribution in [0.15, 0.2) is 24.3 Å². The molecule has 1 unspecified atom stereocenters. The van der Waals surface area contributed by atoms with Crippen LogP contribution in [0.2, 0.25) is 0 Å². The van der Waals surface area contributed by atoms with E-state index in [-0.39, 0.29) is 24.0 Å². The molecular formula is C11H17N3O4S. The number of hydrogen-bond donors (Lipinski definition) is 2. The molecule has 0 saturated carbocycles. The van der Waals surface area contributed by atoms with E-state index in [2.05, 4.69) is 4.72 Å². The van der Waals surface area contributed by atoms with Crippen LogP contribution < -0.4 is 10.5 Å². The van der Waals surface area contributed by atoms with Crippen LogP contribution in [-0.4, -0.2) is 25.9 Å². The molecule has 1 rings (SSSR count). The van der Waals surface area contributed by atoms with Crippen molar-refractivity contribution in [2.75, 3.05) is 6.54 Å². The smallest absolute Gasteiger partial charge is 0.269 e. The average Bonchev–Trinajstić information content (AvgIpc) is 2.28. The van der Waals surface area contributed by atoms with E-state index in [1.54, 1.807) is 6.92 Å². The lowest BCUT2D eigenvalue weighted by atomic mass is 10.2. The maximum Gasteiger partial charge on any atom is 0.269 e. The Morgan fingerprint density at radius 3 is 2.42 bits per heavy atom. The molecule has 1 aromatic carbocycles. The van der Waals surface area contributed by atoms with Crippen LogP contribution in [0.25, 0.3) is 0 Å². The number of nitrogens with one attached hydrogen (secondary N) is 1. The largest absolute Gasteiger partial charge is 0.328 e. The Labute approximate surface area is 112 Å². The van der Waals surface area contributed by atoms with Gasteiger partial charge in [-0.05, 0) is 18.9 Å². The monoisotopic (exact) mass is 287 g/mol. The Bertz CT molecular complexity index is 525. The van der Waals surface area contributed by atoms with Crippen molar-refractivity contribution in [3.8, 4) is 0 Å². The van der Waals surface area contributed by atoms with E-state index in [1.807, 2.05) is 0 Å². The highest BCUT2D eigenvalue weighted by Gasteiger charge is 2.12. The first kappa shape index (κ1) is 15.5. The molecule has 0 saturated heterocycles. The highest BCUT2D eigenvalue weighted by atomic mass is 32.2. The third-order valence-corrected chi connectivity index (χ3v) is 3.78. The number of rotatable bonds is 7. The Kier molecular flexibility index (Phi) is 5.40. The van der Waals surface area contributed by atoms with Gasteiger partial charge in [0.2, 0.25) is 10.0 Å². The summed E-state index contributed by atoms with van der Waals surface area (Å²) in [6, 6.07) is 5.37. The van der Waals surface area contributed by atoms with Crippen LogP contribution in [0.1, 0.15) is 18.9 Å². The first-order chi connectivity index (χ1) is 8.80. The number of nitro benzene ring substituents is 1. The number of nitro groups is 1. The molecule has 0 aliphatic rings. The van der Waals surface area contributed by atoms with Gasteiger partial charge in [-0.3, -0.25) is 10.1 Å². The Morgan fingerprint density at radius 1 is 1.37 bits per heavy atom. The maximum atomic E-state index is 11.7. The van der Waals surface area contributed by atoms with Crippen molar-refractivity contribution in [3.63, 3.8) is 0 Å².